The van der Waals surface area contributed by atoms with E-state index < -0.39 is 40.3 Å². The molecule has 1 aromatic rings. The number of ether oxygens (including phenoxy) is 1. The number of halogens is 3. The topological polar surface area (TPSA) is 43.4 Å². The molecule has 0 aliphatic heterocycles. The summed E-state index contributed by atoms with van der Waals surface area (Å²) in [5, 5.41) is 0. The molecule has 0 aliphatic carbocycles. The fourth-order valence-electron chi connectivity index (χ4n) is 1.59. The molecule has 1 rings (SSSR count). The van der Waals surface area contributed by atoms with Crippen molar-refractivity contribution >= 4 is 35.3 Å². The van der Waals surface area contributed by atoms with Crippen LogP contribution in [-0.2, 0) is 9.53 Å². The summed E-state index contributed by atoms with van der Waals surface area (Å²) in [5.41, 5.74) is -1.12. The summed E-state index contributed by atoms with van der Waals surface area (Å²) in [6.07, 6.45) is 3.25. The van der Waals surface area contributed by atoms with Gasteiger partial charge in [0, 0.05) is 6.07 Å². The molecule has 0 radical (unpaired) electrons. The third-order valence-corrected chi connectivity index (χ3v) is 4.69. The van der Waals surface area contributed by atoms with Gasteiger partial charge >= 0.3 is 5.97 Å². The summed E-state index contributed by atoms with van der Waals surface area (Å²) in [4.78, 5) is 24.4. The molecule has 8 heteroatoms. The van der Waals surface area contributed by atoms with Crippen molar-refractivity contribution in [3.8, 4) is 0 Å². The minimum Gasteiger partial charge on any atom is -0.462 e. The number of esters is 1. The Bertz CT molecular complexity index is 625. The lowest BCUT2D eigenvalue weighted by Gasteiger charge is -2.11. The maximum Gasteiger partial charge on any atom is 0.343 e. The van der Waals surface area contributed by atoms with Crippen molar-refractivity contribution in [3.05, 3.63) is 45.0 Å². The number of carbonyl (C=O) groups is 2. The second kappa shape index (κ2) is 11.2. The average Bonchev–Trinajstić information content (AvgIpc) is 2.57. The molecule has 3 nitrogen and oxygen atoms in total. The Balaban J connectivity index is 0.00000254. The van der Waals surface area contributed by atoms with E-state index in [4.69, 9.17) is 4.74 Å². The van der Waals surface area contributed by atoms with E-state index in [0.717, 1.165) is 23.5 Å². The Kier molecular flexibility index (Phi) is 10.5. The van der Waals surface area contributed by atoms with E-state index in [0.29, 0.717) is 10.3 Å². The summed E-state index contributed by atoms with van der Waals surface area (Å²) in [6.45, 7) is 5.57. The highest BCUT2D eigenvalue weighted by Crippen LogP contribution is 2.31. The number of carbonyl (C=O) groups excluding carboxylic acids is 2. The second-order valence-corrected chi connectivity index (χ2v) is 5.76. The Labute approximate surface area is 148 Å². The highest BCUT2D eigenvalue weighted by Gasteiger charge is 2.28. The second-order valence-electron chi connectivity index (χ2n) is 3.87. The highest BCUT2D eigenvalue weighted by molar-refractivity contribution is 8.21. The quantitative estimate of drug-likeness (QED) is 0.177. The molecule has 0 amide bonds. The maximum absolute atomic E-state index is 13.7. The molecule has 0 fully saturated rings. The predicted molar refractivity (Wildman–Crippen MR) is 92.7 cm³/mol. The summed E-state index contributed by atoms with van der Waals surface area (Å²) >= 11 is 2.20. The highest BCUT2D eigenvalue weighted by atomic mass is 32.2. The first-order chi connectivity index (χ1) is 11.4. The van der Waals surface area contributed by atoms with Crippen LogP contribution in [0.1, 0.15) is 31.1 Å². The number of benzene rings is 1. The van der Waals surface area contributed by atoms with E-state index in [2.05, 4.69) is 0 Å². The lowest BCUT2D eigenvalue weighted by atomic mass is 10.0. The Morgan fingerprint density at radius 2 is 1.50 bits per heavy atom. The van der Waals surface area contributed by atoms with Crippen LogP contribution in [0.3, 0.4) is 0 Å². The van der Waals surface area contributed by atoms with Gasteiger partial charge in [-0.05, 0) is 25.5 Å². The normalized spacial score (nSPS) is 9.67. The molecular weight excluding hydrogens is 361 g/mol. The van der Waals surface area contributed by atoms with Crippen molar-refractivity contribution in [2.24, 2.45) is 0 Å². The molecule has 0 unspecified atom stereocenters. The number of Topliss-reactive ketones (excluding diaryl/α,β-unsaturated/α-hetero) is 1. The summed E-state index contributed by atoms with van der Waals surface area (Å²) in [6, 6.07) is 0.702. The van der Waals surface area contributed by atoms with Gasteiger partial charge in [-0.15, -0.1) is 23.5 Å². The predicted octanol–water partition coefficient (Wildman–Crippen LogP) is 4.81. The molecule has 0 spiro atoms. The van der Waals surface area contributed by atoms with Gasteiger partial charge in [-0.2, -0.15) is 0 Å². The number of hydrogen-bond acceptors (Lipinski definition) is 5. The molecule has 0 atom stereocenters. The minimum absolute atomic E-state index is 0.0198. The van der Waals surface area contributed by atoms with Crippen LogP contribution in [0.5, 0.6) is 0 Å². The van der Waals surface area contributed by atoms with Crippen LogP contribution in [-0.4, -0.2) is 30.9 Å². The van der Waals surface area contributed by atoms with Gasteiger partial charge in [-0.1, -0.05) is 13.8 Å². The van der Waals surface area contributed by atoms with E-state index in [1.54, 1.807) is 19.4 Å². The SMILES string of the molecule is CC.CCOC(=O)C(C(=O)c1cc(F)c(F)cc1F)=C(SC)SC. The van der Waals surface area contributed by atoms with Gasteiger partial charge in [-0.3, -0.25) is 4.79 Å². The van der Waals surface area contributed by atoms with Gasteiger partial charge < -0.3 is 4.74 Å². The summed E-state index contributed by atoms with van der Waals surface area (Å²) in [5.74, 6) is -6.01. The molecule has 0 aromatic heterocycles. The van der Waals surface area contributed by atoms with Crippen LogP contribution in [0.25, 0.3) is 0 Å². The molecule has 0 heterocycles. The van der Waals surface area contributed by atoms with E-state index in [1.165, 1.54) is 0 Å². The van der Waals surface area contributed by atoms with E-state index in [1.807, 2.05) is 13.8 Å². The van der Waals surface area contributed by atoms with Gasteiger partial charge in [0.05, 0.1) is 16.4 Å². The van der Waals surface area contributed by atoms with Crippen molar-refractivity contribution in [3.63, 3.8) is 0 Å². The Morgan fingerprint density at radius 3 is 1.96 bits per heavy atom. The number of ketones is 1. The first-order valence-corrected chi connectivity index (χ1v) is 9.50. The van der Waals surface area contributed by atoms with E-state index >= 15 is 0 Å². The molecule has 0 N–H and O–H groups in total. The first kappa shape index (κ1) is 22.6. The van der Waals surface area contributed by atoms with Crippen LogP contribution in [0, 0.1) is 17.5 Å². The first-order valence-electron chi connectivity index (χ1n) is 7.05. The van der Waals surface area contributed by atoms with Gasteiger partial charge in [-0.25, -0.2) is 18.0 Å². The van der Waals surface area contributed by atoms with Crippen molar-refractivity contribution in [2.45, 2.75) is 20.8 Å². The molecule has 1 aromatic carbocycles. The van der Waals surface area contributed by atoms with Gasteiger partial charge in [0.2, 0.25) is 5.78 Å². The Morgan fingerprint density at radius 1 is 1.00 bits per heavy atom. The van der Waals surface area contributed by atoms with Crippen LogP contribution in [0.4, 0.5) is 13.2 Å². The number of rotatable bonds is 6. The third-order valence-electron chi connectivity index (χ3n) is 2.54. The summed E-state index contributed by atoms with van der Waals surface area (Å²) in [7, 11) is 0. The van der Waals surface area contributed by atoms with Crippen molar-refractivity contribution in [1.82, 2.24) is 0 Å². The molecule has 0 bridgehead atoms. The van der Waals surface area contributed by atoms with Crippen LogP contribution in [0.15, 0.2) is 21.9 Å². The zero-order chi connectivity index (χ0) is 18.9. The molecule has 0 saturated carbocycles. The number of thioether (sulfide) groups is 2. The molecule has 24 heavy (non-hydrogen) atoms. The monoisotopic (exact) mass is 380 g/mol. The Hall–Kier alpha value is -1.41. The average molecular weight is 380 g/mol. The van der Waals surface area contributed by atoms with Crippen LogP contribution >= 0.6 is 23.5 Å². The lowest BCUT2D eigenvalue weighted by Crippen LogP contribution is -2.19. The standard InChI is InChI=1S/C14H13F3O3S2.C2H6/c1-4-20-13(19)11(14(21-2)22-3)12(18)7-5-9(16)10(17)6-8(7)15;1-2/h5-6H,4H2,1-3H3;1-2H3. The van der Waals surface area contributed by atoms with E-state index in [-0.39, 0.29) is 12.7 Å². The molecule has 0 saturated heterocycles. The van der Waals surface area contributed by atoms with Crippen molar-refractivity contribution in [2.75, 3.05) is 19.1 Å². The minimum atomic E-state index is -1.41. The molecule has 134 valence electrons. The zero-order valence-electron chi connectivity index (χ0n) is 14.0. The fraction of sp³-hybridized carbons (Fsp3) is 0.375. The zero-order valence-corrected chi connectivity index (χ0v) is 15.7. The summed E-state index contributed by atoms with van der Waals surface area (Å²) < 4.78 is 45.1. The lowest BCUT2D eigenvalue weighted by molar-refractivity contribution is -0.138. The van der Waals surface area contributed by atoms with Crippen molar-refractivity contribution < 1.29 is 27.5 Å². The van der Waals surface area contributed by atoms with Gasteiger partial charge in [0.1, 0.15) is 11.4 Å². The van der Waals surface area contributed by atoms with Crippen LogP contribution < -0.4 is 0 Å². The van der Waals surface area contributed by atoms with Crippen molar-refractivity contribution in [1.29, 1.82) is 0 Å². The van der Waals surface area contributed by atoms with E-state index in [9.17, 15) is 22.8 Å². The van der Waals surface area contributed by atoms with Gasteiger partial charge in [0.25, 0.3) is 0 Å². The third kappa shape index (κ3) is 5.59. The smallest absolute Gasteiger partial charge is 0.343 e. The fourth-order valence-corrected chi connectivity index (χ4v) is 3.02. The molecular formula is C16H19F3O3S2. The largest absolute Gasteiger partial charge is 0.462 e. The van der Waals surface area contributed by atoms with Crippen LogP contribution in [0.2, 0.25) is 0 Å². The maximum atomic E-state index is 13.7. The number of hydrogen-bond donors (Lipinski definition) is 0. The molecule has 0 aliphatic rings. The van der Waals surface area contributed by atoms with Gasteiger partial charge in [0.15, 0.2) is 11.6 Å².